The first-order valence-electron chi connectivity index (χ1n) is 4.97. The summed E-state index contributed by atoms with van der Waals surface area (Å²) in [6.07, 6.45) is 8.20. The Hall–Kier alpha value is -0.830. The summed E-state index contributed by atoms with van der Waals surface area (Å²) >= 11 is 3.46. The van der Waals surface area contributed by atoms with Gasteiger partial charge in [-0.1, -0.05) is 6.42 Å². The van der Waals surface area contributed by atoms with E-state index in [9.17, 15) is 0 Å². The zero-order valence-corrected chi connectivity index (χ0v) is 9.37. The molecule has 14 heavy (non-hydrogen) atoms. The van der Waals surface area contributed by atoms with Crippen LogP contribution in [0, 0.1) is 0 Å². The third kappa shape index (κ3) is 1.27. The number of fused-ring (bicyclic) bond motifs is 1. The molecule has 2 aromatic heterocycles. The summed E-state index contributed by atoms with van der Waals surface area (Å²) < 4.78 is 3.19. The lowest BCUT2D eigenvalue weighted by Gasteiger charge is -2.22. The van der Waals surface area contributed by atoms with Crippen molar-refractivity contribution in [3.8, 4) is 0 Å². The summed E-state index contributed by atoms with van der Waals surface area (Å²) in [6, 6.07) is 4.08. The molecule has 2 heterocycles. The van der Waals surface area contributed by atoms with E-state index in [-0.39, 0.29) is 0 Å². The van der Waals surface area contributed by atoms with Crippen LogP contribution in [0.3, 0.4) is 0 Å². The van der Waals surface area contributed by atoms with Crippen LogP contribution in [0.5, 0.6) is 0 Å². The Morgan fingerprint density at radius 1 is 1.29 bits per heavy atom. The normalized spacial score (nSPS) is 17.2. The largest absolute Gasteiger partial charge is 0.306 e. The number of aromatic nitrogens is 2. The van der Waals surface area contributed by atoms with Crippen LogP contribution in [0.15, 0.2) is 29.0 Å². The van der Waals surface area contributed by atoms with Gasteiger partial charge in [-0.25, -0.2) is 4.98 Å². The van der Waals surface area contributed by atoms with Crippen LogP contribution < -0.4 is 0 Å². The van der Waals surface area contributed by atoms with Crippen molar-refractivity contribution < 1.29 is 0 Å². The third-order valence-electron chi connectivity index (χ3n) is 2.96. The van der Waals surface area contributed by atoms with E-state index in [4.69, 9.17) is 0 Å². The molecule has 3 rings (SSSR count). The Kier molecular flexibility index (Phi) is 1.87. The highest BCUT2D eigenvalue weighted by molar-refractivity contribution is 9.10. The van der Waals surface area contributed by atoms with Crippen molar-refractivity contribution in [2.45, 2.75) is 25.2 Å². The number of imidazole rings is 1. The fraction of sp³-hybridized carbons (Fsp3) is 0.364. The Morgan fingerprint density at radius 3 is 2.86 bits per heavy atom. The van der Waals surface area contributed by atoms with E-state index < -0.39 is 0 Å². The molecule has 0 saturated heterocycles. The van der Waals surface area contributed by atoms with Gasteiger partial charge in [0.05, 0.1) is 5.69 Å². The topological polar surface area (TPSA) is 17.3 Å². The molecule has 0 aliphatic heterocycles. The molecule has 3 heteroatoms. The van der Waals surface area contributed by atoms with Crippen LogP contribution >= 0.6 is 15.9 Å². The van der Waals surface area contributed by atoms with Gasteiger partial charge in [-0.2, -0.15) is 0 Å². The van der Waals surface area contributed by atoms with Gasteiger partial charge >= 0.3 is 0 Å². The maximum Gasteiger partial charge on any atom is 0.137 e. The highest BCUT2D eigenvalue weighted by atomic mass is 79.9. The van der Waals surface area contributed by atoms with Crippen LogP contribution in [0.1, 0.15) is 30.9 Å². The summed E-state index contributed by atoms with van der Waals surface area (Å²) in [6.45, 7) is 0. The minimum atomic E-state index is 0.716. The van der Waals surface area contributed by atoms with Crippen molar-refractivity contribution in [1.29, 1.82) is 0 Å². The van der Waals surface area contributed by atoms with E-state index in [1.165, 1.54) is 25.0 Å². The van der Waals surface area contributed by atoms with E-state index in [1.807, 2.05) is 12.1 Å². The van der Waals surface area contributed by atoms with E-state index in [0.717, 1.165) is 10.1 Å². The maximum atomic E-state index is 4.62. The average molecular weight is 251 g/mol. The molecule has 1 aliphatic rings. The van der Waals surface area contributed by atoms with Gasteiger partial charge in [0.15, 0.2) is 0 Å². The number of nitrogens with zero attached hydrogens (tertiary/aromatic N) is 2. The molecule has 0 spiro atoms. The Morgan fingerprint density at radius 2 is 2.14 bits per heavy atom. The molecule has 2 aromatic rings. The first-order chi connectivity index (χ1) is 6.83. The Labute approximate surface area is 91.1 Å². The van der Waals surface area contributed by atoms with E-state index in [2.05, 4.69) is 37.7 Å². The van der Waals surface area contributed by atoms with Crippen molar-refractivity contribution in [1.82, 2.24) is 9.38 Å². The lowest BCUT2D eigenvalue weighted by molar-refractivity contribution is 0.412. The minimum absolute atomic E-state index is 0.716. The van der Waals surface area contributed by atoms with Crippen molar-refractivity contribution in [3.63, 3.8) is 0 Å². The van der Waals surface area contributed by atoms with Gasteiger partial charge in [-0.05, 0) is 40.9 Å². The number of rotatable bonds is 1. The molecule has 0 atom stereocenters. The summed E-state index contributed by atoms with van der Waals surface area (Å²) in [4.78, 5) is 4.62. The number of hydrogen-bond donors (Lipinski definition) is 0. The lowest BCUT2D eigenvalue weighted by Crippen LogP contribution is -2.08. The summed E-state index contributed by atoms with van der Waals surface area (Å²) in [5.41, 5.74) is 2.31. The lowest BCUT2D eigenvalue weighted by atomic mass is 9.83. The second-order valence-electron chi connectivity index (χ2n) is 3.91. The van der Waals surface area contributed by atoms with Crippen LogP contribution in [0.2, 0.25) is 0 Å². The van der Waals surface area contributed by atoms with Crippen LogP contribution in [-0.4, -0.2) is 9.38 Å². The van der Waals surface area contributed by atoms with Gasteiger partial charge in [-0.15, -0.1) is 0 Å². The predicted octanol–water partition coefficient (Wildman–Crippen LogP) is 3.36. The molecule has 0 N–H and O–H groups in total. The van der Waals surface area contributed by atoms with Crippen LogP contribution in [0.4, 0.5) is 0 Å². The van der Waals surface area contributed by atoms with Gasteiger partial charge in [-0.3, -0.25) is 0 Å². The van der Waals surface area contributed by atoms with Crippen molar-refractivity contribution in [2.75, 3.05) is 0 Å². The van der Waals surface area contributed by atoms with E-state index >= 15 is 0 Å². The Balaban J connectivity index is 2.10. The van der Waals surface area contributed by atoms with Crippen LogP contribution in [0.25, 0.3) is 5.65 Å². The van der Waals surface area contributed by atoms with Crippen LogP contribution in [-0.2, 0) is 0 Å². The molecule has 1 aliphatic carbocycles. The van der Waals surface area contributed by atoms with Crippen molar-refractivity contribution >= 4 is 21.6 Å². The van der Waals surface area contributed by atoms with Crippen molar-refractivity contribution in [3.05, 3.63) is 34.7 Å². The average Bonchev–Trinajstić information content (AvgIpc) is 2.43. The fourth-order valence-electron chi connectivity index (χ4n) is 1.89. The quantitative estimate of drug-likeness (QED) is 0.759. The maximum absolute atomic E-state index is 4.62. The smallest absolute Gasteiger partial charge is 0.137 e. The minimum Gasteiger partial charge on any atom is -0.306 e. The monoisotopic (exact) mass is 250 g/mol. The zero-order chi connectivity index (χ0) is 9.54. The molecule has 0 radical (unpaired) electrons. The highest BCUT2D eigenvalue weighted by Gasteiger charge is 2.21. The van der Waals surface area contributed by atoms with Gasteiger partial charge < -0.3 is 4.40 Å². The molecule has 0 unspecified atom stereocenters. The van der Waals surface area contributed by atoms with Gasteiger partial charge in [0, 0.05) is 22.8 Å². The SMILES string of the molecule is Brc1ccc2nc(C3CCC3)cn2c1. The second-order valence-corrected chi connectivity index (χ2v) is 4.82. The first kappa shape index (κ1) is 8.48. The van der Waals surface area contributed by atoms with E-state index in [0.29, 0.717) is 5.92 Å². The van der Waals surface area contributed by atoms with Gasteiger partial charge in [0.2, 0.25) is 0 Å². The molecular formula is C11H11BrN2. The Bertz CT molecular complexity index is 471. The van der Waals surface area contributed by atoms with E-state index in [1.54, 1.807) is 0 Å². The van der Waals surface area contributed by atoms with Gasteiger partial charge in [0.25, 0.3) is 0 Å². The molecule has 2 nitrogen and oxygen atoms in total. The second kappa shape index (κ2) is 3.09. The highest BCUT2D eigenvalue weighted by Crippen LogP contribution is 2.35. The number of hydrogen-bond acceptors (Lipinski definition) is 1. The van der Waals surface area contributed by atoms with Crippen molar-refractivity contribution in [2.24, 2.45) is 0 Å². The molecule has 72 valence electrons. The van der Waals surface area contributed by atoms with Gasteiger partial charge in [0.1, 0.15) is 5.65 Å². The standard InChI is InChI=1S/C11H11BrN2/c12-9-4-5-11-13-10(7-14(11)6-9)8-2-1-3-8/h4-8H,1-3H2. The summed E-state index contributed by atoms with van der Waals surface area (Å²) in [5, 5.41) is 0. The number of pyridine rings is 1. The first-order valence-corrected chi connectivity index (χ1v) is 5.76. The molecule has 0 amide bonds. The summed E-state index contributed by atoms with van der Waals surface area (Å²) in [5.74, 6) is 0.716. The molecular weight excluding hydrogens is 240 g/mol. The summed E-state index contributed by atoms with van der Waals surface area (Å²) in [7, 11) is 0. The predicted molar refractivity (Wildman–Crippen MR) is 59.5 cm³/mol. The third-order valence-corrected chi connectivity index (χ3v) is 3.43. The molecule has 0 aromatic carbocycles. The zero-order valence-electron chi connectivity index (χ0n) is 7.78. The molecule has 1 fully saturated rings. The molecule has 0 bridgehead atoms. The number of halogens is 1. The molecule has 1 saturated carbocycles. The fourth-order valence-corrected chi connectivity index (χ4v) is 2.24.